The first-order chi connectivity index (χ1) is 15.2. The third-order valence-electron chi connectivity index (χ3n) is 5.08. The van der Waals surface area contributed by atoms with Crippen molar-refractivity contribution in [1.82, 2.24) is 25.0 Å². The molecule has 0 atom stereocenters. The van der Waals surface area contributed by atoms with E-state index in [-0.39, 0.29) is 5.91 Å². The second-order valence-corrected chi connectivity index (χ2v) is 9.40. The molecular weight excluding hydrogens is 432 g/mol. The van der Waals surface area contributed by atoms with Gasteiger partial charge in [0.1, 0.15) is 5.82 Å². The van der Waals surface area contributed by atoms with Crippen LogP contribution in [0.4, 0.5) is 5.82 Å². The number of aryl methyl sites for hydroxylation is 1. The van der Waals surface area contributed by atoms with Crippen LogP contribution in [-0.2, 0) is 4.79 Å². The van der Waals surface area contributed by atoms with Crippen molar-refractivity contribution in [3.63, 3.8) is 0 Å². The number of fused-ring (bicyclic) bond motifs is 1. The Morgan fingerprint density at radius 2 is 1.97 bits per heavy atom. The molecule has 158 valence electrons. The topological polar surface area (TPSA) is 88.3 Å². The zero-order valence-electron chi connectivity index (χ0n) is 16.9. The number of piperazine rings is 1. The van der Waals surface area contributed by atoms with Gasteiger partial charge >= 0.3 is 0 Å². The zero-order chi connectivity index (χ0) is 21.2. The van der Waals surface area contributed by atoms with Crippen LogP contribution in [-0.4, -0.2) is 62.8 Å². The number of hydrogen-bond donors (Lipinski definition) is 0. The molecule has 0 bridgehead atoms. The fourth-order valence-corrected chi connectivity index (χ4v) is 5.41. The van der Waals surface area contributed by atoms with E-state index in [0.29, 0.717) is 30.6 Å². The molecule has 0 spiro atoms. The Hall–Kier alpha value is -2.98. The Bertz CT molecular complexity index is 1170. The number of hydrogen-bond acceptors (Lipinski definition) is 9. The predicted octanol–water partition coefficient (Wildman–Crippen LogP) is 3.49. The van der Waals surface area contributed by atoms with Crippen LogP contribution in [0.25, 0.3) is 21.6 Å². The van der Waals surface area contributed by atoms with E-state index in [1.807, 2.05) is 35.2 Å². The average molecular weight is 453 g/mol. The number of rotatable bonds is 5. The normalized spacial score (nSPS) is 14.4. The molecule has 0 aliphatic carbocycles. The largest absolute Gasteiger partial charge is 0.353 e. The maximum absolute atomic E-state index is 12.7. The van der Waals surface area contributed by atoms with Crippen molar-refractivity contribution in [2.24, 2.45) is 0 Å². The van der Waals surface area contributed by atoms with Crippen LogP contribution in [0.5, 0.6) is 0 Å². The minimum Gasteiger partial charge on any atom is -0.353 e. The molecule has 1 aliphatic rings. The van der Waals surface area contributed by atoms with Crippen molar-refractivity contribution in [2.45, 2.75) is 11.3 Å². The molecule has 0 unspecified atom stereocenters. The summed E-state index contributed by atoms with van der Waals surface area (Å²) in [7, 11) is 0. The molecule has 0 saturated carbocycles. The molecule has 1 amide bonds. The van der Waals surface area contributed by atoms with Gasteiger partial charge in [-0.3, -0.25) is 4.79 Å². The summed E-state index contributed by atoms with van der Waals surface area (Å²) in [5, 5.41) is 3.92. The van der Waals surface area contributed by atoms with Gasteiger partial charge < -0.3 is 14.3 Å². The van der Waals surface area contributed by atoms with Crippen molar-refractivity contribution in [1.29, 1.82) is 0 Å². The highest BCUT2D eigenvalue weighted by Gasteiger charge is 2.22. The Labute approximate surface area is 187 Å². The highest BCUT2D eigenvalue weighted by Crippen LogP contribution is 2.29. The van der Waals surface area contributed by atoms with Crippen molar-refractivity contribution >= 4 is 45.0 Å². The van der Waals surface area contributed by atoms with Crippen LogP contribution in [0, 0.1) is 6.92 Å². The quantitative estimate of drug-likeness (QED) is 0.425. The van der Waals surface area contributed by atoms with Crippen molar-refractivity contribution in [3.05, 3.63) is 48.5 Å². The van der Waals surface area contributed by atoms with E-state index in [1.54, 1.807) is 24.5 Å². The first-order valence-electron chi connectivity index (χ1n) is 9.93. The lowest BCUT2D eigenvalue weighted by Crippen LogP contribution is -2.49. The van der Waals surface area contributed by atoms with Gasteiger partial charge in [0, 0.05) is 44.9 Å². The zero-order valence-corrected chi connectivity index (χ0v) is 18.5. The van der Waals surface area contributed by atoms with Crippen LogP contribution in [0.3, 0.4) is 0 Å². The van der Waals surface area contributed by atoms with E-state index >= 15 is 0 Å². The lowest BCUT2D eigenvalue weighted by molar-refractivity contribution is -0.128. The molecule has 1 saturated heterocycles. The predicted molar refractivity (Wildman–Crippen MR) is 121 cm³/mol. The summed E-state index contributed by atoms with van der Waals surface area (Å²) in [4.78, 5) is 30.1. The second kappa shape index (κ2) is 8.64. The number of thioether (sulfide) groups is 1. The maximum atomic E-state index is 12.7. The fraction of sp³-hybridized carbons (Fsp3) is 0.286. The van der Waals surface area contributed by atoms with E-state index < -0.39 is 0 Å². The smallest absolute Gasteiger partial charge is 0.233 e. The van der Waals surface area contributed by atoms with Gasteiger partial charge in [0.05, 0.1) is 16.0 Å². The number of amides is 1. The average Bonchev–Trinajstić information content (AvgIpc) is 3.43. The number of thiazole rings is 1. The van der Waals surface area contributed by atoms with Crippen molar-refractivity contribution < 1.29 is 9.32 Å². The summed E-state index contributed by atoms with van der Waals surface area (Å²) in [6.45, 7) is 4.65. The van der Waals surface area contributed by atoms with Gasteiger partial charge in [0.25, 0.3) is 0 Å². The first-order valence-corrected chi connectivity index (χ1v) is 11.7. The van der Waals surface area contributed by atoms with Crippen molar-refractivity contribution in [2.75, 3.05) is 36.8 Å². The van der Waals surface area contributed by atoms with Crippen LogP contribution in [0.2, 0.25) is 0 Å². The van der Waals surface area contributed by atoms with Gasteiger partial charge in [-0.15, -0.1) is 11.3 Å². The first kappa shape index (κ1) is 20.0. The van der Waals surface area contributed by atoms with Gasteiger partial charge in [-0.2, -0.15) is 4.98 Å². The molecule has 5 rings (SSSR count). The molecule has 1 aromatic carbocycles. The van der Waals surface area contributed by atoms with Crippen LogP contribution in [0.1, 0.15) is 5.89 Å². The molecule has 3 aromatic heterocycles. The van der Waals surface area contributed by atoms with E-state index in [1.165, 1.54) is 11.8 Å². The van der Waals surface area contributed by atoms with Gasteiger partial charge in [-0.25, -0.2) is 9.97 Å². The monoisotopic (exact) mass is 452 g/mol. The standard InChI is InChI=1S/C21H20N6O2S2/c1-14-23-20(25-29-14)15-6-7-18(22-12-15)26-8-10-27(11-9-26)19(28)13-30-21-24-16-4-2-3-5-17(16)31-21/h2-7,12H,8-11,13H2,1H3. The molecule has 10 heteroatoms. The van der Waals surface area contributed by atoms with E-state index in [9.17, 15) is 4.79 Å². The van der Waals surface area contributed by atoms with Crippen LogP contribution >= 0.6 is 23.1 Å². The van der Waals surface area contributed by atoms with Gasteiger partial charge in [0.2, 0.25) is 17.6 Å². The third-order valence-corrected chi connectivity index (χ3v) is 7.25. The Balaban J connectivity index is 1.14. The van der Waals surface area contributed by atoms with Crippen LogP contribution < -0.4 is 4.90 Å². The molecule has 1 fully saturated rings. The highest BCUT2D eigenvalue weighted by molar-refractivity contribution is 8.01. The number of benzene rings is 1. The number of carbonyl (C=O) groups excluding carboxylic acids is 1. The number of pyridine rings is 1. The maximum Gasteiger partial charge on any atom is 0.233 e. The van der Waals surface area contributed by atoms with E-state index in [2.05, 4.69) is 31.1 Å². The number of carbonyl (C=O) groups is 1. The minimum atomic E-state index is 0.152. The van der Waals surface area contributed by atoms with E-state index in [4.69, 9.17) is 4.52 Å². The molecule has 0 N–H and O–H groups in total. The lowest BCUT2D eigenvalue weighted by Gasteiger charge is -2.35. The highest BCUT2D eigenvalue weighted by atomic mass is 32.2. The SMILES string of the molecule is Cc1nc(-c2ccc(N3CCN(C(=O)CSc4nc5ccccc5s4)CC3)nc2)no1. The molecule has 8 nitrogen and oxygen atoms in total. The van der Waals surface area contributed by atoms with Crippen molar-refractivity contribution in [3.8, 4) is 11.4 Å². The summed E-state index contributed by atoms with van der Waals surface area (Å²) in [5.41, 5.74) is 1.81. The molecule has 4 heterocycles. The molecule has 4 aromatic rings. The summed E-state index contributed by atoms with van der Waals surface area (Å²) in [6.07, 6.45) is 1.76. The Morgan fingerprint density at radius 3 is 2.68 bits per heavy atom. The lowest BCUT2D eigenvalue weighted by atomic mass is 10.2. The van der Waals surface area contributed by atoms with Gasteiger partial charge in [-0.05, 0) is 24.3 Å². The van der Waals surface area contributed by atoms with E-state index in [0.717, 1.165) is 39.0 Å². The molecule has 1 aliphatic heterocycles. The Morgan fingerprint density at radius 1 is 1.13 bits per heavy atom. The summed E-state index contributed by atoms with van der Waals surface area (Å²) < 4.78 is 7.11. The number of aromatic nitrogens is 4. The third kappa shape index (κ3) is 4.40. The summed E-state index contributed by atoms with van der Waals surface area (Å²) in [6, 6.07) is 12.0. The molecule has 31 heavy (non-hydrogen) atoms. The number of anilines is 1. The minimum absolute atomic E-state index is 0.152. The second-order valence-electron chi connectivity index (χ2n) is 7.15. The number of nitrogens with zero attached hydrogens (tertiary/aromatic N) is 6. The summed E-state index contributed by atoms with van der Waals surface area (Å²) in [5.74, 6) is 2.52. The van der Waals surface area contributed by atoms with Gasteiger partial charge in [-0.1, -0.05) is 29.1 Å². The molecule has 0 radical (unpaired) electrons. The fourth-order valence-electron chi connectivity index (χ4n) is 3.43. The number of para-hydroxylation sites is 1. The Kier molecular flexibility index (Phi) is 5.56. The van der Waals surface area contributed by atoms with Crippen LogP contribution in [0.15, 0.2) is 51.5 Å². The summed E-state index contributed by atoms with van der Waals surface area (Å²) >= 11 is 3.15. The van der Waals surface area contributed by atoms with Gasteiger partial charge in [0.15, 0.2) is 4.34 Å². The molecular formula is C21H20N6O2S2.